The van der Waals surface area contributed by atoms with Crippen LogP contribution < -0.4 is 0 Å². The molecule has 0 aromatic heterocycles. The Morgan fingerprint density at radius 1 is 0.741 bits per heavy atom. The third-order valence-corrected chi connectivity index (χ3v) is 3.15. The molecule has 0 fully saturated rings. The Morgan fingerprint density at radius 3 is 1.37 bits per heavy atom. The Labute approximate surface area is 142 Å². The molecule has 0 aliphatic heterocycles. The van der Waals surface area contributed by atoms with E-state index >= 15 is 0 Å². The van der Waals surface area contributed by atoms with Crippen LogP contribution in [0.1, 0.15) is 6.92 Å². The van der Waals surface area contributed by atoms with Gasteiger partial charge in [-0.3, -0.25) is 4.79 Å². The first-order chi connectivity index (χ1) is 11.5. The Hall–Kier alpha value is -1.70. The number of likely N-dealkylation sites (N-methyl/N-ethyl adjacent to an activating group) is 1. The molecule has 0 aliphatic carbocycles. The van der Waals surface area contributed by atoms with Gasteiger partial charge < -0.3 is 4.90 Å². The lowest BCUT2D eigenvalue weighted by molar-refractivity contribution is -0.439. The van der Waals surface area contributed by atoms with Crippen molar-refractivity contribution in [1.29, 1.82) is 0 Å². The second-order valence-corrected chi connectivity index (χ2v) is 5.44. The second kappa shape index (κ2) is 6.72. The minimum absolute atomic E-state index is 0.321. The molecule has 27 heavy (non-hydrogen) atoms. The molecule has 0 N–H and O–H groups in total. The van der Waals surface area contributed by atoms with E-state index in [0.717, 1.165) is 6.92 Å². The molecule has 160 valence electrons. The Kier molecular flexibility index (Phi) is 6.30. The van der Waals surface area contributed by atoms with Gasteiger partial charge in [-0.25, -0.2) is 0 Å². The SMILES string of the molecule is C=C(C)C(=O)N(C)CC(F)(F)C(F)(F)C(F)(F)C(F)(F)C(F)(F)C(F)(F)F. The largest absolute Gasteiger partial charge is 0.460 e. The summed E-state index contributed by atoms with van der Waals surface area (Å²) in [5, 5.41) is 0. The zero-order chi connectivity index (χ0) is 22.4. The number of carbonyl (C=O) groups is 1. The average Bonchev–Trinajstić information content (AvgIpc) is 2.43. The van der Waals surface area contributed by atoms with Gasteiger partial charge in [-0.2, -0.15) is 57.1 Å². The van der Waals surface area contributed by atoms with E-state index in [9.17, 15) is 61.9 Å². The first kappa shape index (κ1) is 25.3. The van der Waals surface area contributed by atoms with E-state index in [4.69, 9.17) is 0 Å². The highest BCUT2D eigenvalue weighted by Gasteiger charge is 2.90. The summed E-state index contributed by atoms with van der Waals surface area (Å²) in [6.07, 6.45) is -7.46. The van der Waals surface area contributed by atoms with E-state index in [0.29, 0.717) is 7.05 Å². The molecular weight excluding hydrogens is 421 g/mol. The first-order valence-corrected chi connectivity index (χ1v) is 6.36. The topological polar surface area (TPSA) is 20.3 Å². The molecule has 0 rings (SSSR count). The smallest absolute Gasteiger partial charge is 0.336 e. The summed E-state index contributed by atoms with van der Waals surface area (Å²) in [6.45, 7) is 1.05. The Balaban J connectivity index is 6.16. The maximum absolute atomic E-state index is 13.5. The van der Waals surface area contributed by atoms with Crippen LogP contribution in [0.15, 0.2) is 12.2 Å². The molecule has 0 atom stereocenters. The summed E-state index contributed by atoms with van der Waals surface area (Å²) in [7, 11) is 0.321. The summed E-state index contributed by atoms with van der Waals surface area (Å²) < 4.78 is 167. The fraction of sp³-hybridized carbons (Fsp3) is 0.750. The van der Waals surface area contributed by atoms with Crippen molar-refractivity contribution in [1.82, 2.24) is 4.90 Å². The number of alkyl halides is 13. The molecule has 0 aromatic rings. The summed E-state index contributed by atoms with van der Waals surface area (Å²) >= 11 is 0. The van der Waals surface area contributed by atoms with Gasteiger partial charge in [0.25, 0.3) is 0 Å². The third-order valence-electron chi connectivity index (χ3n) is 3.15. The third kappa shape index (κ3) is 3.81. The Morgan fingerprint density at radius 2 is 1.07 bits per heavy atom. The van der Waals surface area contributed by atoms with Crippen molar-refractivity contribution in [2.45, 2.75) is 42.7 Å². The lowest BCUT2D eigenvalue weighted by Crippen LogP contribution is -2.71. The van der Waals surface area contributed by atoms with Gasteiger partial charge >= 0.3 is 35.8 Å². The minimum atomic E-state index is -7.96. The van der Waals surface area contributed by atoms with Gasteiger partial charge in [-0.05, 0) is 6.92 Å². The number of carbonyl (C=O) groups excluding carboxylic acids is 1. The minimum Gasteiger partial charge on any atom is -0.336 e. The van der Waals surface area contributed by atoms with Gasteiger partial charge in [0, 0.05) is 12.6 Å². The molecule has 0 bridgehead atoms. The molecular formula is C12H10F13NO. The molecule has 0 unspecified atom stereocenters. The monoisotopic (exact) mass is 431 g/mol. The maximum Gasteiger partial charge on any atom is 0.460 e. The van der Waals surface area contributed by atoms with Crippen LogP contribution in [0.5, 0.6) is 0 Å². The molecule has 0 aromatic carbocycles. The lowest BCUT2D eigenvalue weighted by Gasteiger charge is -2.40. The average molecular weight is 431 g/mol. The lowest BCUT2D eigenvalue weighted by atomic mass is 9.93. The highest BCUT2D eigenvalue weighted by molar-refractivity contribution is 5.92. The van der Waals surface area contributed by atoms with Crippen LogP contribution in [0.25, 0.3) is 0 Å². The number of rotatable bonds is 7. The van der Waals surface area contributed by atoms with E-state index in [1.54, 1.807) is 0 Å². The number of hydrogen-bond acceptors (Lipinski definition) is 1. The van der Waals surface area contributed by atoms with Gasteiger partial charge in [0.15, 0.2) is 0 Å². The number of hydrogen-bond donors (Lipinski definition) is 0. The van der Waals surface area contributed by atoms with Crippen molar-refractivity contribution >= 4 is 5.91 Å². The van der Waals surface area contributed by atoms with Crippen LogP contribution in [0, 0.1) is 0 Å². The normalized spacial score (nSPS) is 14.9. The standard InChI is InChI=1S/C12H10F13NO/c1-5(2)6(27)26(3)4-7(13,14)8(15,16)9(17,18)10(19,20)11(21,22)12(23,24)25/h1,4H2,2-3H3. The molecule has 0 radical (unpaired) electrons. The summed E-state index contributed by atoms with van der Waals surface area (Å²) in [6, 6.07) is 0. The van der Waals surface area contributed by atoms with Gasteiger partial charge in [-0.15, -0.1) is 0 Å². The van der Waals surface area contributed by atoms with Crippen LogP contribution in [0.3, 0.4) is 0 Å². The number of nitrogens with zero attached hydrogens (tertiary/aromatic N) is 1. The van der Waals surface area contributed by atoms with E-state index in [1.165, 1.54) is 0 Å². The van der Waals surface area contributed by atoms with Crippen molar-refractivity contribution in [3.8, 4) is 0 Å². The maximum atomic E-state index is 13.5. The summed E-state index contributed by atoms with van der Waals surface area (Å²) in [5.74, 6) is -38.9. The van der Waals surface area contributed by atoms with E-state index in [1.807, 2.05) is 0 Å². The van der Waals surface area contributed by atoms with E-state index < -0.39 is 53.8 Å². The zero-order valence-electron chi connectivity index (χ0n) is 13.2. The predicted molar refractivity (Wildman–Crippen MR) is 63.2 cm³/mol. The highest BCUT2D eigenvalue weighted by atomic mass is 19.4. The highest BCUT2D eigenvalue weighted by Crippen LogP contribution is 2.60. The molecule has 1 amide bonds. The van der Waals surface area contributed by atoms with Gasteiger partial charge in [0.1, 0.15) is 0 Å². The molecule has 0 saturated carbocycles. The van der Waals surface area contributed by atoms with Crippen molar-refractivity contribution in [2.24, 2.45) is 0 Å². The van der Waals surface area contributed by atoms with Crippen molar-refractivity contribution in [3.05, 3.63) is 12.2 Å². The van der Waals surface area contributed by atoms with Crippen molar-refractivity contribution in [3.63, 3.8) is 0 Å². The fourth-order valence-corrected chi connectivity index (χ4v) is 1.60. The molecule has 0 aliphatic rings. The van der Waals surface area contributed by atoms with E-state index in [-0.39, 0.29) is 4.90 Å². The summed E-state index contributed by atoms with van der Waals surface area (Å²) in [4.78, 5) is 10.8. The second-order valence-electron chi connectivity index (χ2n) is 5.44. The van der Waals surface area contributed by atoms with Crippen LogP contribution >= 0.6 is 0 Å². The number of amides is 1. The van der Waals surface area contributed by atoms with Crippen LogP contribution in [0.4, 0.5) is 57.1 Å². The molecule has 0 saturated heterocycles. The van der Waals surface area contributed by atoms with Crippen molar-refractivity contribution < 1.29 is 61.9 Å². The first-order valence-electron chi connectivity index (χ1n) is 6.36. The predicted octanol–water partition coefficient (Wildman–Crippen LogP) is 4.76. The van der Waals surface area contributed by atoms with Crippen LogP contribution in [-0.2, 0) is 4.79 Å². The molecule has 15 heteroatoms. The van der Waals surface area contributed by atoms with Crippen LogP contribution in [-0.4, -0.2) is 60.2 Å². The number of halogens is 13. The fourth-order valence-electron chi connectivity index (χ4n) is 1.60. The zero-order valence-corrected chi connectivity index (χ0v) is 13.2. The molecule has 0 heterocycles. The molecule has 2 nitrogen and oxygen atoms in total. The van der Waals surface area contributed by atoms with Crippen molar-refractivity contribution in [2.75, 3.05) is 13.6 Å². The quantitative estimate of drug-likeness (QED) is 0.421. The van der Waals surface area contributed by atoms with Gasteiger partial charge in [0.2, 0.25) is 5.91 Å². The molecule has 0 spiro atoms. The summed E-state index contributed by atoms with van der Waals surface area (Å²) in [5.41, 5.74) is -0.586. The Bertz CT molecular complexity index is 593. The van der Waals surface area contributed by atoms with Crippen LogP contribution in [0.2, 0.25) is 0 Å². The van der Waals surface area contributed by atoms with Gasteiger partial charge in [-0.1, -0.05) is 6.58 Å². The van der Waals surface area contributed by atoms with E-state index in [2.05, 4.69) is 6.58 Å². The van der Waals surface area contributed by atoms with Gasteiger partial charge in [0.05, 0.1) is 6.54 Å².